The zero-order chi connectivity index (χ0) is 21.1. The van der Waals surface area contributed by atoms with Crippen molar-refractivity contribution in [2.45, 2.75) is 6.92 Å². The molecular weight excluding hydrogens is 422 g/mol. The van der Waals surface area contributed by atoms with Crippen LogP contribution in [0.5, 0.6) is 0 Å². The van der Waals surface area contributed by atoms with Crippen LogP contribution in [-0.4, -0.2) is 27.0 Å². The minimum atomic E-state index is -0.519. The molecule has 0 saturated heterocycles. The van der Waals surface area contributed by atoms with E-state index in [0.717, 1.165) is 16.1 Å². The molecule has 0 fully saturated rings. The predicted octanol–water partition coefficient (Wildman–Crippen LogP) is 4.24. The summed E-state index contributed by atoms with van der Waals surface area (Å²) in [5.74, 6) is -0.954. The maximum Gasteiger partial charge on any atom is 0.287 e. The minimum Gasteiger partial charge on any atom is -0.272 e. The third-order valence-corrected chi connectivity index (χ3v) is 5.70. The Morgan fingerprint density at radius 3 is 2.47 bits per heavy atom. The lowest BCUT2D eigenvalue weighted by Gasteiger charge is -2.04. The van der Waals surface area contributed by atoms with Gasteiger partial charge < -0.3 is 0 Å². The van der Waals surface area contributed by atoms with E-state index < -0.39 is 11.8 Å². The number of rotatable bonds is 4. The normalized spacial score (nSPS) is 10.6. The first-order valence-electron chi connectivity index (χ1n) is 8.96. The van der Waals surface area contributed by atoms with Gasteiger partial charge in [-0.25, -0.2) is 4.98 Å². The molecule has 0 saturated carbocycles. The predicted molar refractivity (Wildman–Crippen MR) is 116 cm³/mol. The van der Waals surface area contributed by atoms with Crippen molar-refractivity contribution in [2.24, 2.45) is 0 Å². The molecule has 0 aliphatic rings. The van der Waals surface area contributed by atoms with Crippen LogP contribution >= 0.6 is 22.9 Å². The number of nitrogens with one attached hydrogen (secondary N) is 3. The number of aryl methyl sites for hydroxylation is 1. The number of aromatic nitrogens is 3. The van der Waals surface area contributed by atoms with Gasteiger partial charge in [-0.15, -0.1) is 11.3 Å². The molecule has 9 heteroatoms. The molecule has 0 aliphatic carbocycles. The van der Waals surface area contributed by atoms with Crippen molar-refractivity contribution >= 4 is 34.8 Å². The minimum absolute atomic E-state index is 0.205. The number of nitrogens with zero attached hydrogens (tertiary/aromatic N) is 2. The van der Waals surface area contributed by atoms with Gasteiger partial charge in [0.2, 0.25) is 0 Å². The number of amides is 2. The second kappa shape index (κ2) is 8.48. The number of carbonyl (C=O) groups is 2. The summed E-state index contributed by atoms with van der Waals surface area (Å²) in [5, 5.41) is 8.09. The van der Waals surface area contributed by atoms with E-state index >= 15 is 0 Å². The van der Waals surface area contributed by atoms with Crippen LogP contribution in [0, 0.1) is 6.92 Å². The lowest BCUT2D eigenvalue weighted by molar-refractivity contribution is 0.0845. The van der Waals surface area contributed by atoms with Gasteiger partial charge in [-0.05, 0) is 25.1 Å². The molecule has 0 spiro atoms. The zero-order valence-corrected chi connectivity index (χ0v) is 17.3. The summed E-state index contributed by atoms with van der Waals surface area (Å²) in [7, 11) is 0. The fourth-order valence-corrected chi connectivity index (χ4v) is 3.94. The molecule has 2 aromatic carbocycles. The summed E-state index contributed by atoms with van der Waals surface area (Å²) < 4.78 is 0. The molecule has 3 N–H and O–H groups in total. The van der Waals surface area contributed by atoms with Crippen LogP contribution in [0.1, 0.15) is 25.9 Å². The molecule has 0 atom stereocenters. The molecule has 7 nitrogen and oxygen atoms in total. The first-order valence-corrected chi connectivity index (χ1v) is 10.2. The van der Waals surface area contributed by atoms with Gasteiger partial charge in [0, 0.05) is 16.1 Å². The van der Waals surface area contributed by atoms with Crippen molar-refractivity contribution in [1.29, 1.82) is 0 Å². The summed E-state index contributed by atoms with van der Waals surface area (Å²) in [6, 6.07) is 18.3. The summed E-state index contributed by atoms with van der Waals surface area (Å²) in [4.78, 5) is 29.8. The molecule has 0 unspecified atom stereocenters. The average Bonchev–Trinajstić information content (AvgIpc) is 3.40. The molecule has 2 heterocycles. The SMILES string of the molecule is Cc1nc(-c2ccccc2)sc1C(=O)NNC(=O)c1cc(-c2cccc(Cl)c2)n[nH]1. The fraction of sp³-hybridized carbons (Fsp3) is 0.0476. The van der Waals surface area contributed by atoms with E-state index in [4.69, 9.17) is 11.6 Å². The largest absolute Gasteiger partial charge is 0.287 e. The first kappa shape index (κ1) is 19.8. The second-order valence-corrected chi connectivity index (χ2v) is 7.82. The van der Waals surface area contributed by atoms with Gasteiger partial charge in [-0.2, -0.15) is 5.10 Å². The third kappa shape index (κ3) is 4.24. The second-order valence-electron chi connectivity index (χ2n) is 6.39. The Morgan fingerprint density at radius 1 is 0.967 bits per heavy atom. The van der Waals surface area contributed by atoms with Crippen LogP contribution in [0.2, 0.25) is 5.02 Å². The summed E-state index contributed by atoms with van der Waals surface area (Å²) in [6.45, 7) is 1.76. The van der Waals surface area contributed by atoms with Gasteiger partial charge >= 0.3 is 0 Å². The summed E-state index contributed by atoms with van der Waals surface area (Å²) in [6.07, 6.45) is 0. The van der Waals surface area contributed by atoms with Crippen LogP contribution in [0.4, 0.5) is 0 Å². The Bertz CT molecular complexity index is 1220. The molecular formula is C21H16ClN5O2S. The Balaban J connectivity index is 1.42. The zero-order valence-electron chi connectivity index (χ0n) is 15.8. The number of carbonyl (C=O) groups excluding carboxylic acids is 2. The molecule has 4 rings (SSSR count). The van der Waals surface area contributed by atoms with E-state index in [1.165, 1.54) is 11.3 Å². The quantitative estimate of drug-likeness (QED) is 0.416. The smallest absolute Gasteiger partial charge is 0.272 e. The molecule has 30 heavy (non-hydrogen) atoms. The van der Waals surface area contributed by atoms with E-state index in [1.54, 1.807) is 31.2 Å². The van der Waals surface area contributed by atoms with Crippen LogP contribution < -0.4 is 10.9 Å². The Labute approximate surface area is 181 Å². The van der Waals surface area contributed by atoms with Crippen molar-refractivity contribution < 1.29 is 9.59 Å². The number of hydrogen-bond acceptors (Lipinski definition) is 5. The third-order valence-electron chi connectivity index (χ3n) is 4.26. The molecule has 150 valence electrons. The topological polar surface area (TPSA) is 99.8 Å². The highest BCUT2D eigenvalue weighted by molar-refractivity contribution is 7.17. The molecule has 0 radical (unpaired) electrons. The van der Waals surface area contributed by atoms with Crippen molar-refractivity contribution in [3.8, 4) is 21.8 Å². The average molecular weight is 438 g/mol. The standard InChI is InChI=1S/C21H16ClN5O2S/c1-12-18(30-21(23-12)13-6-3-2-4-7-13)20(29)27-26-19(28)17-11-16(24-25-17)14-8-5-9-15(22)10-14/h2-11H,1H3,(H,24,25)(H,26,28)(H,27,29). The van der Waals surface area contributed by atoms with E-state index in [-0.39, 0.29) is 5.69 Å². The highest BCUT2D eigenvalue weighted by atomic mass is 35.5. The number of H-pyrrole nitrogens is 1. The first-order chi connectivity index (χ1) is 14.5. The lowest BCUT2D eigenvalue weighted by atomic mass is 10.1. The fourth-order valence-electron chi connectivity index (χ4n) is 2.78. The van der Waals surface area contributed by atoms with Gasteiger partial charge in [-0.1, -0.05) is 54.1 Å². The molecule has 2 aromatic heterocycles. The highest BCUT2D eigenvalue weighted by Gasteiger charge is 2.18. The highest BCUT2D eigenvalue weighted by Crippen LogP contribution is 2.27. The van der Waals surface area contributed by atoms with Crippen molar-refractivity contribution in [1.82, 2.24) is 26.0 Å². The molecule has 0 aliphatic heterocycles. The van der Waals surface area contributed by atoms with E-state index in [0.29, 0.717) is 21.3 Å². The van der Waals surface area contributed by atoms with Crippen LogP contribution in [-0.2, 0) is 0 Å². The van der Waals surface area contributed by atoms with E-state index in [1.807, 2.05) is 36.4 Å². The lowest BCUT2D eigenvalue weighted by Crippen LogP contribution is -2.41. The van der Waals surface area contributed by atoms with Gasteiger partial charge in [0.25, 0.3) is 11.8 Å². The maximum absolute atomic E-state index is 12.5. The van der Waals surface area contributed by atoms with Crippen LogP contribution in [0.15, 0.2) is 60.7 Å². The number of benzene rings is 2. The maximum atomic E-state index is 12.5. The van der Waals surface area contributed by atoms with Gasteiger partial charge in [0.15, 0.2) is 0 Å². The molecule has 2 amide bonds. The van der Waals surface area contributed by atoms with E-state index in [9.17, 15) is 9.59 Å². The Kier molecular flexibility index (Phi) is 5.60. The van der Waals surface area contributed by atoms with E-state index in [2.05, 4.69) is 26.0 Å². The summed E-state index contributed by atoms with van der Waals surface area (Å²) in [5.41, 5.74) is 7.89. The van der Waals surface area contributed by atoms with Gasteiger partial charge in [0.1, 0.15) is 15.6 Å². The number of hydrogen-bond donors (Lipinski definition) is 3. The number of hydrazine groups is 1. The van der Waals surface area contributed by atoms with Crippen molar-refractivity contribution in [2.75, 3.05) is 0 Å². The molecule has 4 aromatic rings. The van der Waals surface area contributed by atoms with Crippen LogP contribution in [0.25, 0.3) is 21.8 Å². The summed E-state index contributed by atoms with van der Waals surface area (Å²) >= 11 is 7.26. The Morgan fingerprint density at radius 2 is 1.70 bits per heavy atom. The van der Waals surface area contributed by atoms with Gasteiger partial charge in [0.05, 0.1) is 11.4 Å². The van der Waals surface area contributed by atoms with Crippen LogP contribution in [0.3, 0.4) is 0 Å². The monoisotopic (exact) mass is 437 g/mol. The number of halogens is 1. The van der Waals surface area contributed by atoms with Crippen molar-refractivity contribution in [3.05, 3.63) is 82.0 Å². The number of aromatic amines is 1. The number of thiazole rings is 1. The molecule has 0 bridgehead atoms. The van der Waals surface area contributed by atoms with Gasteiger partial charge in [-0.3, -0.25) is 25.5 Å². The van der Waals surface area contributed by atoms with Crippen molar-refractivity contribution in [3.63, 3.8) is 0 Å². The Hall–Kier alpha value is -3.49.